The topological polar surface area (TPSA) is 62.5 Å². The SMILES string of the molecule is CN=C(NCc1nc(C)c(C)o1)NCC(C)(C)c1cccc(F)c1.I. The van der Waals surface area contributed by atoms with Crippen molar-refractivity contribution in [3.05, 3.63) is 53.0 Å². The quantitative estimate of drug-likeness (QED) is 0.406. The molecule has 1 aromatic heterocycles. The molecule has 0 aliphatic heterocycles. The summed E-state index contributed by atoms with van der Waals surface area (Å²) in [4.78, 5) is 8.53. The number of nitrogens with one attached hydrogen (secondary N) is 2. The molecule has 0 bridgehead atoms. The van der Waals surface area contributed by atoms with Crippen molar-refractivity contribution in [2.24, 2.45) is 4.99 Å². The molecular weight excluding hydrogens is 434 g/mol. The zero-order valence-corrected chi connectivity index (χ0v) is 17.6. The first kappa shape index (κ1) is 21.4. The number of aryl methyl sites for hydroxylation is 2. The highest BCUT2D eigenvalue weighted by Crippen LogP contribution is 2.22. The van der Waals surface area contributed by atoms with Crippen molar-refractivity contribution in [3.63, 3.8) is 0 Å². The number of aromatic nitrogens is 1. The van der Waals surface area contributed by atoms with Gasteiger partial charge >= 0.3 is 0 Å². The lowest BCUT2D eigenvalue weighted by Crippen LogP contribution is -2.43. The smallest absolute Gasteiger partial charge is 0.214 e. The zero-order chi connectivity index (χ0) is 17.7. The molecule has 0 aliphatic carbocycles. The summed E-state index contributed by atoms with van der Waals surface area (Å²) < 4.78 is 19.0. The molecular formula is C18H26FIN4O. The van der Waals surface area contributed by atoms with Crippen molar-refractivity contribution in [2.45, 2.75) is 39.7 Å². The van der Waals surface area contributed by atoms with E-state index in [-0.39, 0.29) is 35.2 Å². The number of halogens is 2. The highest BCUT2D eigenvalue weighted by Gasteiger charge is 2.21. The van der Waals surface area contributed by atoms with Crippen LogP contribution in [0.5, 0.6) is 0 Å². The molecule has 5 nitrogen and oxygen atoms in total. The molecule has 2 aromatic rings. The predicted octanol–water partition coefficient (Wildman–Crippen LogP) is 3.69. The van der Waals surface area contributed by atoms with E-state index in [0.29, 0.717) is 24.9 Å². The Morgan fingerprint density at radius 2 is 2.00 bits per heavy atom. The van der Waals surface area contributed by atoms with Gasteiger partial charge in [0.15, 0.2) is 5.96 Å². The molecule has 7 heteroatoms. The molecule has 0 fully saturated rings. The second-order valence-electron chi connectivity index (χ2n) is 6.42. The summed E-state index contributed by atoms with van der Waals surface area (Å²) in [5.41, 5.74) is 1.59. The number of hydrogen-bond acceptors (Lipinski definition) is 3. The standard InChI is InChI=1S/C18H25FN4O.HI/c1-12-13(2)24-16(23-12)10-21-17(20-5)22-11-18(3,4)14-7-6-8-15(19)9-14;/h6-9H,10-11H2,1-5H3,(H2,20,21,22);1H. The van der Waals surface area contributed by atoms with Crippen LogP contribution in [0.25, 0.3) is 0 Å². The van der Waals surface area contributed by atoms with Crippen molar-refractivity contribution in [2.75, 3.05) is 13.6 Å². The van der Waals surface area contributed by atoms with Gasteiger partial charge in [-0.1, -0.05) is 26.0 Å². The molecule has 0 aliphatic rings. The van der Waals surface area contributed by atoms with Gasteiger partial charge in [-0.2, -0.15) is 0 Å². The molecule has 0 amide bonds. The minimum Gasteiger partial charge on any atom is -0.444 e. The van der Waals surface area contributed by atoms with Crippen LogP contribution in [0.3, 0.4) is 0 Å². The van der Waals surface area contributed by atoms with E-state index < -0.39 is 0 Å². The van der Waals surface area contributed by atoms with Gasteiger partial charge in [0.2, 0.25) is 5.89 Å². The van der Waals surface area contributed by atoms with Crippen LogP contribution < -0.4 is 10.6 Å². The number of benzene rings is 1. The first-order valence-corrected chi connectivity index (χ1v) is 7.95. The number of aliphatic imine (C=N–C) groups is 1. The van der Waals surface area contributed by atoms with E-state index in [4.69, 9.17) is 4.42 Å². The van der Waals surface area contributed by atoms with Crippen molar-refractivity contribution in [1.82, 2.24) is 15.6 Å². The van der Waals surface area contributed by atoms with Crippen LogP contribution in [0.4, 0.5) is 4.39 Å². The largest absolute Gasteiger partial charge is 0.444 e. The Bertz CT molecular complexity index is 708. The van der Waals surface area contributed by atoms with E-state index in [1.807, 2.05) is 19.9 Å². The van der Waals surface area contributed by atoms with Crippen LogP contribution in [0.15, 0.2) is 33.7 Å². The van der Waals surface area contributed by atoms with Crippen LogP contribution in [0.2, 0.25) is 0 Å². The lowest BCUT2D eigenvalue weighted by Gasteiger charge is -2.26. The Morgan fingerprint density at radius 1 is 1.28 bits per heavy atom. The molecule has 0 radical (unpaired) electrons. The van der Waals surface area contributed by atoms with Crippen molar-refractivity contribution < 1.29 is 8.81 Å². The summed E-state index contributed by atoms with van der Waals surface area (Å²) in [7, 11) is 1.70. The minimum absolute atomic E-state index is 0. The second-order valence-corrected chi connectivity index (χ2v) is 6.42. The lowest BCUT2D eigenvalue weighted by atomic mass is 9.84. The number of guanidine groups is 1. The molecule has 0 unspecified atom stereocenters. The van der Waals surface area contributed by atoms with E-state index in [9.17, 15) is 4.39 Å². The molecule has 0 saturated carbocycles. The van der Waals surface area contributed by atoms with Gasteiger partial charge in [0.25, 0.3) is 0 Å². The van der Waals surface area contributed by atoms with Crippen molar-refractivity contribution in [1.29, 1.82) is 0 Å². The first-order chi connectivity index (χ1) is 11.3. The average molecular weight is 460 g/mol. The van der Waals surface area contributed by atoms with Crippen LogP contribution in [0, 0.1) is 19.7 Å². The third-order valence-corrected chi connectivity index (χ3v) is 4.01. The second kappa shape index (κ2) is 9.17. The predicted molar refractivity (Wildman–Crippen MR) is 109 cm³/mol. The minimum atomic E-state index is -0.240. The summed E-state index contributed by atoms with van der Waals surface area (Å²) in [5.74, 6) is 1.87. The molecule has 0 saturated heterocycles. The van der Waals surface area contributed by atoms with Crippen LogP contribution >= 0.6 is 24.0 Å². The zero-order valence-electron chi connectivity index (χ0n) is 15.3. The number of oxazole rings is 1. The maximum Gasteiger partial charge on any atom is 0.214 e. The molecule has 138 valence electrons. The van der Waals surface area contributed by atoms with Crippen molar-refractivity contribution in [3.8, 4) is 0 Å². The summed E-state index contributed by atoms with van der Waals surface area (Å²) >= 11 is 0. The number of hydrogen-bond donors (Lipinski definition) is 2. The molecule has 0 spiro atoms. The van der Waals surface area contributed by atoms with Crippen LogP contribution in [0.1, 0.15) is 36.8 Å². The van der Waals surface area contributed by atoms with Gasteiger partial charge in [0.05, 0.1) is 12.2 Å². The van der Waals surface area contributed by atoms with E-state index in [1.54, 1.807) is 19.2 Å². The Morgan fingerprint density at radius 3 is 2.56 bits per heavy atom. The highest BCUT2D eigenvalue weighted by atomic mass is 127. The fourth-order valence-corrected chi connectivity index (χ4v) is 2.31. The van der Waals surface area contributed by atoms with Gasteiger partial charge in [-0.25, -0.2) is 9.37 Å². The fourth-order valence-electron chi connectivity index (χ4n) is 2.31. The van der Waals surface area contributed by atoms with E-state index in [1.165, 1.54) is 6.07 Å². The lowest BCUT2D eigenvalue weighted by molar-refractivity contribution is 0.461. The van der Waals surface area contributed by atoms with Crippen LogP contribution in [-0.4, -0.2) is 24.5 Å². The monoisotopic (exact) mass is 460 g/mol. The van der Waals surface area contributed by atoms with Gasteiger partial charge in [0.1, 0.15) is 11.6 Å². The molecule has 2 rings (SSSR count). The fraction of sp³-hybridized carbons (Fsp3) is 0.444. The average Bonchev–Trinajstić information content (AvgIpc) is 2.86. The summed E-state index contributed by atoms with van der Waals surface area (Å²) in [6.45, 7) is 8.98. The maximum absolute atomic E-state index is 13.4. The summed E-state index contributed by atoms with van der Waals surface area (Å²) in [5, 5.41) is 6.44. The summed E-state index contributed by atoms with van der Waals surface area (Å²) in [6, 6.07) is 6.68. The third kappa shape index (κ3) is 5.98. The van der Waals surface area contributed by atoms with Gasteiger partial charge in [-0.15, -0.1) is 24.0 Å². The third-order valence-electron chi connectivity index (χ3n) is 4.01. The van der Waals surface area contributed by atoms with Gasteiger partial charge in [0, 0.05) is 19.0 Å². The normalized spacial score (nSPS) is 11.8. The number of rotatable bonds is 5. The Labute approximate surface area is 165 Å². The molecule has 2 N–H and O–H groups in total. The first-order valence-electron chi connectivity index (χ1n) is 7.95. The van der Waals surface area contributed by atoms with Gasteiger partial charge < -0.3 is 15.1 Å². The summed E-state index contributed by atoms with van der Waals surface area (Å²) in [6.07, 6.45) is 0. The Kier molecular flexibility index (Phi) is 7.85. The molecule has 1 aromatic carbocycles. The van der Waals surface area contributed by atoms with E-state index >= 15 is 0 Å². The highest BCUT2D eigenvalue weighted by molar-refractivity contribution is 14.0. The van der Waals surface area contributed by atoms with Gasteiger partial charge in [-0.05, 0) is 31.5 Å². The Balaban J connectivity index is 0.00000312. The molecule has 1 heterocycles. The number of nitrogens with zero attached hydrogens (tertiary/aromatic N) is 2. The Hall–Kier alpha value is -1.64. The van der Waals surface area contributed by atoms with E-state index in [2.05, 4.69) is 34.5 Å². The molecule has 0 atom stereocenters. The van der Waals surface area contributed by atoms with Crippen molar-refractivity contribution >= 4 is 29.9 Å². The maximum atomic E-state index is 13.4. The van der Waals surface area contributed by atoms with Crippen LogP contribution in [-0.2, 0) is 12.0 Å². The van der Waals surface area contributed by atoms with Gasteiger partial charge in [-0.3, -0.25) is 4.99 Å². The molecule has 25 heavy (non-hydrogen) atoms. The van der Waals surface area contributed by atoms with E-state index in [0.717, 1.165) is 17.0 Å².